The van der Waals surface area contributed by atoms with Crippen molar-refractivity contribution in [3.05, 3.63) is 176 Å². The Kier molecular flexibility index (Phi) is 37.7. The van der Waals surface area contributed by atoms with Crippen LogP contribution in [0.2, 0.25) is 0 Å². The predicted octanol–water partition coefficient (Wildman–Crippen LogP) is 23.5. The van der Waals surface area contributed by atoms with Crippen LogP contribution in [0.1, 0.15) is 415 Å². The maximum absolute atomic E-state index is 13.3. The van der Waals surface area contributed by atoms with Gasteiger partial charge in [0.15, 0.2) is 0 Å². The van der Waals surface area contributed by atoms with E-state index >= 15 is 0 Å². The topological polar surface area (TPSA) is 277 Å². The average molecular weight is 1860 g/mol. The molecular weight excluding hydrogens is 1700 g/mol. The number of piperidine rings is 1. The van der Waals surface area contributed by atoms with E-state index in [1.807, 2.05) is 151 Å². The van der Waals surface area contributed by atoms with Crippen LogP contribution in [0.5, 0.6) is 0 Å². The summed E-state index contributed by atoms with van der Waals surface area (Å²) in [6, 6.07) is 34.6. The van der Waals surface area contributed by atoms with E-state index in [9.17, 15) is 50.5 Å². The van der Waals surface area contributed by atoms with Gasteiger partial charge in [-0.05, 0) is 267 Å². The van der Waals surface area contributed by atoms with E-state index in [0.717, 1.165) is 103 Å². The van der Waals surface area contributed by atoms with Crippen LogP contribution in [0.15, 0.2) is 139 Å². The Morgan fingerprint density at radius 3 is 1.02 bits per heavy atom. The standard InChI is InChI=1S/C19H31NO2S.C17H27NO3S.2C17H27NO2S.C16H27NO2S.C15H25NO2S/c1-14(2)16-10-11-18(17(13-16)19(4,5)6)23(21,22)20-12-8-7-9-15(20)3;1-12(2)13-7-8-15(22(19,20)18-16(3,4)5)14(11-13)17(21-6)9-10-17;1-12(2)13-7-8-15(14(11-13)16(3,4)5)21(19,20)18-17(6)9-10-17;1-12(2)13-9-10-16(15(11-13)17(3,4)5)21(19,20)18-14-7-6-8-14;1-11(2)13-8-9-15(14(10-13)12(3)4)20(18,19)17-16(5,6)7;1-7-16-19(17,18)14-9-8-12(11(2)3)10-13(14)15(4,5)6/h10-11,13-15H,7-9,12H2,1-6H3;7-8,11-12,18H,9-10H2,1-6H3;7-8,11-12,18H,9-10H2,1-6H3;9-12,14,18H,6-8H2,1-5H3;8-12,17H,1-7H3;8-11,16H,7H2,1-6H3. The maximum atomic E-state index is 13.3. The molecule has 19 nitrogen and oxygen atoms in total. The first-order valence-corrected chi connectivity index (χ1v) is 54.6. The van der Waals surface area contributed by atoms with Crippen molar-refractivity contribution in [1.82, 2.24) is 27.9 Å². The van der Waals surface area contributed by atoms with Crippen LogP contribution in [-0.2, 0) is 92.1 Å². The van der Waals surface area contributed by atoms with Crippen LogP contribution >= 0.6 is 0 Å². The largest absolute Gasteiger partial charge is 0.373 e. The molecule has 1 atom stereocenters. The first-order chi connectivity index (χ1) is 57.1. The fourth-order valence-corrected chi connectivity index (χ4v) is 25.5. The second-order valence-corrected chi connectivity index (χ2v) is 54.2. The van der Waals surface area contributed by atoms with Gasteiger partial charge in [-0.1, -0.05) is 273 Å². The molecule has 0 bridgehead atoms. The van der Waals surface area contributed by atoms with Crippen molar-refractivity contribution in [1.29, 1.82) is 0 Å². The minimum atomic E-state index is -3.57. The highest BCUT2D eigenvalue weighted by Gasteiger charge is 2.49. The molecule has 126 heavy (non-hydrogen) atoms. The summed E-state index contributed by atoms with van der Waals surface area (Å²) in [7, 11) is -19.1. The molecule has 1 saturated heterocycles. The zero-order valence-electron chi connectivity index (χ0n) is 83.8. The molecule has 712 valence electrons. The summed E-state index contributed by atoms with van der Waals surface area (Å²) in [4.78, 5) is 2.48. The van der Waals surface area contributed by atoms with Gasteiger partial charge in [-0.25, -0.2) is 74.1 Å². The molecule has 25 heteroatoms. The van der Waals surface area contributed by atoms with Crippen LogP contribution in [0.4, 0.5) is 0 Å². The minimum Gasteiger partial charge on any atom is -0.373 e. The molecule has 0 radical (unpaired) electrons. The number of nitrogens with zero attached hydrogens (tertiary/aromatic N) is 1. The first kappa shape index (κ1) is 111. The van der Waals surface area contributed by atoms with Crippen LogP contribution in [-0.4, -0.2) is 104 Å². The summed E-state index contributed by atoms with van der Waals surface area (Å²) in [6.45, 7) is 72.1. The molecule has 1 heterocycles. The number of hydrogen-bond acceptors (Lipinski definition) is 13. The third-order valence-corrected chi connectivity index (χ3v) is 33.9. The Bertz CT molecular complexity index is 5390. The van der Waals surface area contributed by atoms with Gasteiger partial charge in [-0.2, -0.15) is 4.31 Å². The summed E-state index contributed by atoms with van der Waals surface area (Å²) in [5, 5.41) is 0. The number of benzene rings is 6. The van der Waals surface area contributed by atoms with Gasteiger partial charge in [0.25, 0.3) is 0 Å². The predicted molar refractivity (Wildman–Crippen MR) is 524 cm³/mol. The third kappa shape index (κ3) is 31.2. The van der Waals surface area contributed by atoms with Gasteiger partial charge in [0.05, 0.1) is 35.0 Å². The number of ether oxygens (including phenoxy) is 1. The monoisotopic (exact) mass is 1860 g/mol. The SMILES string of the molecule is CC(C)c1ccc(S(=O)(=O)N2CCCCC2C)c(C(C)(C)C)c1.CC(C)c1ccc(S(=O)(=O)NC(C)(C)C)c(C(C)C)c1.CC(C)c1ccc(S(=O)(=O)NC2(C)CC2)c(C(C)(C)C)c1.CC(C)c1ccc(S(=O)(=O)NC2CCC2)c(C(C)(C)C)c1.CCNS(=O)(=O)c1ccc(C(C)C)cc1C(C)(C)C.COC1(c2cc(C(C)C)ccc2S(=O)(=O)NC(C)(C)C)CC1. The van der Waals surface area contributed by atoms with Gasteiger partial charge in [-0.15, -0.1) is 0 Å². The molecule has 6 aromatic carbocycles. The highest BCUT2D eigenvalue weighted by Crippen LogP contribution is 2.52. The molecule has 0 spiro atoms. The van der Waals surface area contributed by atoms with Gasteiger partial charge in [0, 0.05) is 54.5 Å². The van der Waals surface area contributed by atoms with Crippen LogP contribution in [0.25, 0.3) is 0 Å². The number of methoxy groups -OCH3 is 1. The van der Waals surface area contributed by atoms with Crippen LogP contribution < -0.4 is 23.6 Å². The summed E-state index contributed by atoms with van der Waals surface area (Å²) in [6.07, 6.45) is 9.61. The maximum Gasteiger partial charge on any atom is 0.243 e. The van der Waals surface area contributed by atoms with Gasteiger partial charge in [0.1, 0.15) is 0 Å². The van der Waals surface area contributed by atoms with E-state index < -0.39 is 76.8 Å². The van der Waals surface area contributed by atoms with Gasteiger partial charge in [-0.3, -0.25) is 0 Å². The normalized spacial score (nSPS) is 16.8. The lowest BCUT2D eigenvalue weighted by molar-refractivity contribution is 0.0764. The van der Waals surface area contributed by atoms with E-state index in [1.165, 1.54) is 27.8 Å². The molecule has 10 rings (SSSR count). The Morgan fingerprint density at radius 2 is 0.706 bits per heavy atom. The lowest BCUT2D eigenvalue weighted by atomic mass is 9.85. The highest BCUT2D eigenvalue weighted by molar-refractivity contribution is 7.91. The fourth-order valence-electron chi connectivity index (χ4n) is 14.9. The van der Waals surface area contributed by atoms with E-state index in [2.05, 4.69) is 187 Å². The van der Waals surface area contributed by atoms with Gasteiger partial charge in [0.2, 0.25) is 60.1 Å². The zero-order valence-corrected chi connectivity index (χ0v) is 88.7. The number of sulfonamides is 6. The van der Waals surface area contributed by atoms with E-state index in [0.29, 0.717) is 78.0 Å². The first-order valence-electron chi connectivity index (χ1n) is 45.7. The molecule has 0 amide bonds. The van der Waals surface area contributed by atoms with Crippen molar-refractivity contribution < 1.29 is 55.2 Å². The van der Waals surface area contributed by atoms with E-state index in [4.69, 9.17) is 4.74 Å². The van der Waals surface area contributed by atoms with Crippen LogP contribution in [0.3, 0.4) is 0 Å². The molecule has 1 unspecified atom stereocenters. The Hall–Kier alpha value is -5.26. The molecule has 1 aliphatic heterocycles. The molecule has 4 fully saturated rings. The van der Waals surface area contributed by atoms with Crippen molar-refractivity contribution in [3.8, 4) is 0 Å². The minimum absolute atomic E-state index is 0.0892. The molecule has 3 saturated carbocycles. The summed E-state index contributed by atoms with van der Waals surface area (Å²) < 4.78 is 174. The molecule has 5 N–H and O–H groups in total. The average Bonchev–Trinajstić information content (AvgIpc) is 0.940. The van der Waals surface area contributed by atoms with Crippen molar-refractivity contribution in [3.63, 3.8) is 0 Å². The lowest BCUT2D eigenvalue weighted by Gasteiger charge is -2.34. The van der Waals surface area contributed by atoms with Gasteiger partial charge >= 0.3 is 0 Å². The molecule has 4 aliphatic rings. The van der Waals surface area contributed by atoms with Crippen molar-refractivity contribution in [2.75, 3.05) is 20.2 Å². The van der Waals surface area contributed by atoms with E-state index in [-0.39, 0.29) is 45.2 Å². The van der Waals surface area contributed by atoms with Crippen molar-refractivity contribution in [2.45, 2.75) is 433 Å². The summed E-state index contributed by atoms with van der Waals surface area (Å²) in [5.41, 5.74) is 9.80. The fraction of sp³-hybridized carbons (Fsp3) is 0.644. The number of hydrogen-bond donors (Lipinski definition) is 5. The van der Waals surface area contributed by atoms with E-state index in [1.54, 1.807) is 48.7 Å². The van der Waals surface area contributed by atoms with Crippen molar-refractivity contribution in [2.24, 2.45) is 0 Å². The van der Waals surface area contributed by atoms with Crippen LogP contribution in [0, 0.1) is 0 Å². The molecule has 6 aromatic rings. The number of rotatable bonds is 24. The third-order valence-electron chi connectivity index (χ3n) is 23.3. The quantitative estimate of drug-likeness (QED) is 0.0377. The summed E-state index contributed by atoms with van der Waals surface area (Å²) >= 11 is 0. The Labute approximate surface area is 767 Å². The highest BCUT2D eigenvalue weighted by atomic mass is 32.2. The second kappa shape index (κ2) is 42.7. The van der Waals surface area contributed by atoms with Gasteiger partial charge < -0.3 is 4.74 Å². The molecule has 3 aliphatic carbocycles. The lowest BCUT2D eigenvalue weighted by Crippen LogP contribution is -2.42. The number of nitrogens with one attached hydrogen (secondary N) is 5. The zero-order chi connectivity index (χ0) is 96.6. The smallest absolute Gasteiger partial charge is 0.243 e. The Balaban J connectivity index is 0.000000269. The summed E-state index contributed by atoms with van der Waals surface area (Å²) in [5.74, 6) is 2.46. The van der Waals surface area contributed by atoms with Crippen molar-refractivity contribution >= 4 is 60.1 Å². The second-order valence-electron chi connectivity index (χ2n) is 43.9. The molecular formula is C101H164N6O13S6. The Morgan fingerprint density at radius 1 is 0.381 bits per heavy atom. The molecule has 0 aromatic heterocycles.